The van der Waals surface area contributed by atoms with Crippen LogP contribution in [0.4, 0.5) is 18.9 Å². The molecule has 3 unspecified atom stereocenters. The minimum Gasteiger partial charge on any atom is -0.383 e. The van der Waals surface area contributed by atoms with Crippen molar-refractivity contribution in [3.05, 3.63) is 64.5 Å². The molecule has 1 fully saturated rings. The number of ether oxygens (including phenoxy) is 1. The number of benzene rings is 2. The van der Waals surface area contributed by atoms with Gasteiger partial charge in [0.2, 0.25) is 0 Å². The van der Waals surface area contributed by atoms with Gasteiger partial charge in [0, 0.05) is 55.0 Å². The van der Waals surface area contributed by atoms with Gasteiger partial charge < -0.3 is 15.0 Å². The maximum Gasteiger partial charge on any atom is 0.185 e. The number of anilines is 1. The van der Waals surface area contributed by atoms with Crippen LogP contribution in [0.3, 0.4) is 0 Å². The van der Waals surface area contributed by atoms with Gasteiger partial charge in [0.25, 0.3) is 0 Å². The first-order valence-electron chi connectivity index (χ1n) is 10.8. The van der Waals surface area contributed by atoms with Gasteiger partial charge >= 0.3 is 0 Å². The molecule has 0 saturated carbocycles. The Bertz CT molecular complexity index is 1100. The standard InChI is InChI=1S/C24H24F3N3O2/c1-32-7-6-30-5-4-13(12-30)23-22(16-3-2-14(25)9-18(16)27)24-21-17(20(31)11-28-24)8-15(26)10-19(21)29-23/h2-3,8-10,13,22-23,29H,4-7,11-12H2,1H3. The van der Waals surface area contributed by atoms with Crippen molar-refractivity contribution in [2.75, 3.05) is 45.2 Å². The first-order valence-corrected chi connectivity index (χ1v) is 10.8. The molecule has 2 aromatic rings. The Morgan fingerprint density at radius 3 is 2.81 bits per heavy atom. The fourth-order valence-electron chi connectivity index (χ4n) is 5.29. The van der Waals surface area contributed by atoms with Gasteiger partial charge in [-0.05, 0) is 42.6 Å². The van der Waals surface area contributed by atoms with Gasteiger partial charge in [-0.2, -0.15) is 0 Å². The zero-order valence-electron chi connectivity index (χ0n) is 17.7. The molecule has 0 bridgehead atoms. The number of rotatable bonds is 5. The Hall–Kier alpha value is -2.71. The minimum atomic E-state index is -0.651. The van der Waals surface area contributed by atoms with E-state index in [1.54, 1.807) is 7.11 Å². The van der Waals surface area contributed by atoms with Crippen LogP contribution in [0, 0.1) is 23.4 Å². The number of hydrogen-bond donors (Lipinski definition) is 1. The second kappa shape index (κ2) is 8.33. The van der Waals surface area contributed by atoms with Crippen molar-refractivity contribution >= 4 is 17.2 Å². The highest BCUT2D eigenvalue weighted by molar-refractivity contribution is 6.21. The number of likely N-dealkylation sites (tertiary alicyclic amines) is 1. The van der Waals surface area contributed by atoms with Gasteiger partial charge in [0.05, 0.1) is 12.3 Å². The molecule has 2 aromatic carbocycles. The number of aliphatic imine (C=N–C) groups is 1. The molecule has 0 radical (unpaired) electrons. The molecule has 5 rings (SSSR count). The number of hydrogen-bond acceptors (Lipinski definition) is 5. The Kier molecular flexibility index (Phi) is 5.51. The number of methoxy groups -OCH3 is 1. The second-order valence-electron chi connectivity index (χ2n) is 8.66. The molecule has 5 nitrogen and oxygen atoms in total. The summed E-state index contributed by atoms with van der Waals surface area (Å²) in [5.74, 6) is -2.46. The fraction of sp³-hybridized carbons (Fsp3) is 0.417. The Morgan fingerprint density at radius 2 is 2.03 bits per heavy atom. The number of Topliss-reactive ketones (excluding diaryl/α,β-unsaturated/α-hetero) is 1. The molecule has 1 N–H and O–H groups in total. The van der Waals surface area contributed by atoms with Gasteiger partial charge in [-0.15, -0.1) is 0 Å². The van der Waals surface area contributed by atoms with E-state index in [-0.39, 0.29) is 29.9 Å². The van der Waals surface area contributed by atoms with Gasteiger partial charge in [0.15, 0.2) is 5.78 Å². The summed E-state index contributed by atoms with van der Waals surface area (Å²) >= 11 is 0. The van der Waals surface area contributed by atoms with E-state index in [1.807, 2.05) is 0 Å². The molecule has 32 heavy (non-hydrogen) atoms. The van der Waals surface area contributed by atoms with Gasteiger partial charge in [-0.1, -0.05) is 6.07 Å². The predicted molar refractivity (Wildman–Crippen MR) is 115 cm³/mol. The number of halogens is 3. The number of nitrogens with zero attached hydrogens (tertiary/aromatic N) is 2. The lowest BCUT2D eigenvalue weighted by molar-refractivity contribution is 0.0999. The van der Waals surface area contributed by atoms with Crippen LogP contribution >= 0.6 is 0 Å². The Morgan fingerprint density at radius 1 is 1.19 bits per heavy atom. The van der Waals surface area contributed by atoms with Crippen molar-refractivity contribution in [1.82, 2.24) is 4.90 Å². The SMILES string of the molecule is COCCN1CCC(C2Nc3cc(F)cc4c3C(=NCC4=O)C2c2ccc(F)cc2F)C1. The van der Waals surface area contributed by atoms with Crippen LogP contribution < -0.4 is 5.32 Å². The lowest BCUT2D eigenvalue weighted by Crippen LogP contribution is -2.46. The van der Waals surface area contributed by atoms with Crippen LogP contribution in [-0.2, 0) is 4.74 Å². The van der Waals surface area contributed by atoms with Crippen molar-refractivity contribution in [1.29, 1.82) is 0 Å². The summed E-state index contributed by atoms with van der Waals surface area (Å²) < 4.78 is 48.2. The summed E-state index contributed by atoms with van der Waals surface area (Å²) in [6.45, 7) is 2.94. The van der Waals surface area contributed by atoms with Crippen LogP contribution in [-0.4, -0.2) is 62.3 Å². The molecule has 3 aliphatic rings. The highest BCUT2D eigenvalue weighted by Gasteiger charge is 2.44. The molecule has 1 saturated heterocycles. The second-order valence-corrected chi connectivity index (χ2v) is 8.66. The molecule has 0 amide bonds. The largest absolute Gasteiger partial charge is 0.383 e. The molecule has 8 heteroatoms. The smallest absolute Gasteiger partial charge is 0.185 e. The zero-order chi connectivity index (χ0) is 22.4. The van der Waals surface area contributed by atoms with Crippen LogP contribution in [0.5, 0.6) is 0 Å². The fourth-order valence-corrected chi connectivity index (χ4v) is 5.29. The lowest BCUT2D eigenvalue weighted by atomic mass is 9.73. The van der Waals surface area contributed by atoms with E-state index >= 15 is 4.39 Å². The molecule has 3 heterocycles. The number of carbonyl (C=O) groups excluding carboxylic acids is 1. The lowest BCUT2D eigenvalue weighted by Gasteiger charge is -2.41. The average molecular weight is 443 g/mol. The van der Waals surface area contributed by atoms with E-state index < -0.39 is 23.4 Å². The summed E-state index contributed by atoms with van der Waals surface area (Å²) in [7, 11) is 1.66. The van der Waals surface area contributed by atoms with Crippen LogP contribution in [0.2, 0.25) is 0 Å². The van der Waals surface area contributed by atoms with E-state index in [2.05, 4.69) is 15.2 Å². The van der Waals surface area contributed by atoms with Crippen molar-refractivity contribution in [3.63, 3.8) is 0 Å². The molecule has 168 valence electrons. The molecule has 0 aliphatic carbocycles. The number of ketones is 1. The van der Waals surface area contributed by atoms with Gasteiger partial charge in [-0.3, -0.25) is 9.79 Å². The van der Waals surface area contributed by atoms with Gasteiger partial charge in [-0.25, -0.2) is 13.2 Å². The third-order valence-electron chi connectivity index (χ3n) is 6.75. The summed E-state index contributed by atoms with van der Waals surface area (Å²) in [5, 5.41) is 3.41. The normalized spacial score (nSPS) is 24.8. The van der Waals surface area contributed by atoms with Crippen molar-refractivity contribution in [2.45, 2.75) is 18.4 Å². The molecule has 3 aliphatic heterocycles. The van der Waals surface area contributed by atoms with E-state index in [4.69, 9.17) is 4.74 Å². The van der Waals surface area contributed by atoms with Crippen molar-refractivity contribution < 1.29 is 22.7 Å². The maximum atomic E-state index is 15.0. The topological polar surface area (TPSA) is 53.9 Å². The summed E-state index contributed by atoms with van der Waals surface area (Å²) in [6.07, 6.45) is 0.865. The van der Waals surface area contributed by atoms with Crippen LogP contribution in [0.15, 0.2) is 35.3 Å². The monoisotopic (exact) mass is 443 g/mol. The van der Waals surface area contributed by atoms with Gasteiger partial charge in [0.1, 0.15) is 24.0 Å². The first kappa shape index (κ1) is 21.2. The zero-order valence-corrected chi connectivity index (χ0v) is 17.7. The van der Waals surface area contributed by atoms with Crippen molar-refractivity contribution in [2.24, 2.45) is 10.9 Å². The highest BCUT2D eigenvalue weighted by Crippen LogP contribution is 2.43. The predicted octanol–water partition coefficient (Wildman–Crippen LogP) is 3.64. The highest BCUT2D eigenvalue weighted by atomic mass is 19.1. The molecular weight excluding hydrogens is 419 g/mol. The van der Waals surface area contributed by atoms with E-state index in [1.165, 1.54) is 24.3 Å². The maximum absolute atomic E-state index is 15.0. The molecule has 0 aromatic heterocycles. The van der Waals surface area contributed by atoms with Crippen LogP contribution in [0.1, 0.15) is 33.8 Å². The van der Waals surface area contributed by atoms with Crippen molar-refractivity contribution in [3.8, 4) is 0 Å². The quantitative estimate of drug-likeness (QED) is 0.767. The Labute approximate surface area is 184 Å². The summed E-state index contributed by atoms with van der Waals surface area (Å²) in [6, 6.07) is 5.88. The molecule has 0 spiro atoms. The summed E-state index contributed by atoms with van der Waals surface area (Å²) in [5.41, 5.74) is 2.19. The minimum absolute atomic E-state index is 0.109. The molecule has 3 atom stereocenters. The summed E-state index contributed by atoms with van der Waals surface area (Å²) in [4.78, 5) is 19.3. The average Bonchev–Trinajstić information content (AvgIpc) is 3.23. The third-order valence-corrected chi connectivity index (χ3v) is 6.75. The van der Waals surface area contributed by atoms with E-state index in [0.717, 1.165) is 32.1 Å². The number of carbonyl (C=O) groups is 1. The third kappa shape index (κ3) is 3.61. The number of nitrogens with one attached hydrogen (secondary N) is 1. The van der Waals surface area contributed by atoms with E-state index in [9.17, 15) is 13.6 Å². The first-order chi connectivity index (χ1) is 15.5. The Balaban J connectivity index is 1.61. The molecular formula is C24H24F3N3O2. The van der Waals surface area contributed by atoms with Crippen LogP contribution in [0.25, 0.3) is 0 Å². The van der Waals surface area contributed by atoms with E-state index in [0.29, 0.717) is 29.1 Å².